The predicted octanol–water partition coefficient (Wildman–Crippen LogP) is 0.826. The van der Waals surface area contributed by atoms with Gasteiger partial charge >= 0.3 is 0 Å². The van der Waals surface area contributed by atoms with Gasteiger partial charge in [-0.15, -0.1) is 0 Å². The SMILES string of the molecule is O=C(CS)NCc1ccco1. The van der Waals surface area contributed by atoms with Crippen molar-refractivity contribution in [3.05, 3.63) is 24.2 Å². The molecule has 1 rings (SSSR count). The molecule has 4 heteroatoms. The van der Waals surface area contributed by atoms with E-state index >= 15 is 0 Å². The van der Waals surface area contributed by atoms with Crippen LogP contribution in [-0.2, 0) is 11.3 Å². The van der Waals surface area contributed by atoms with E-state index in [-0.39, 0.29) is 11.7 Å². The fourth-order valence-corrected chi connectivity index (χ4v) is 0.767. The number of rotatable bonds is 3. The van der Waals surface area contributed by atoms with Crippen molar-refractivity contribution in [2.45, 2.75) is 6.54 Å². The molecule has 0 aliphatic heterocycles. The normalized spacial score (nSPS) is 9.55. The minimum atomic E-state index is -0.0928. The summed E-state index contributed by atoms with van der Waals surface area (Å²) >= 11 is 3.80. The molecule has 0 radical (unpaired) electrons. The van der Waals surface area contributed by atoms with Gasteiger partial charge in [-0.1, -0.05) is 0 Å². The standard InChI is InChI=1S/C7H9NO2S/c9-7(5-11)8-4-6-2-1-3-10-6/h1-3,11H,4-5H2,(H,8,9). The molecule has 0 bridgehead atoms. The number of hydrogen-bond acceptors (Lipinski definition) is 3. The Labute approximate surface area is 70.2 Å². The Kier molecular flexibility index (Phi) is 3.04. The smallest absolute Gasteiger partial charge is 0.230 e. The molecule has 0 unspecified atom stereocenters. The second-order valence-corrected chi connectivity index (χ2v) is 2.33. The molecule has 0 aliphatic carbocycles. The zero-order chi connectivity index (χ0) is 8.10. The average Bonchev–Trinajstić information content (AvgIpc) is 2.52. The lowest BCUT2D eigenvalue weighted by atomic mass is 10.4. The van der Waals surface area contributed by atoms with Crippen LogP contribution in [0.1, 0.15) is 5.76 Å². The monoisotopic (exact) mass is 171 g/mol. The maximum absolute atomic E-state index is 10.7. The molecule has 1 N–H and O–H groups in total. The van der Waals surface area contributed by atoms with Crippen LogP contribution in [0.15, 0.2) is 22.8 Å². The van der Waals surface area contributed by atoms with Crippen molar-refractivity contribution < 1.29 is 9.21 Å². The maximum Gasteiger partial charge on any atom is 0.230 e. The van der Waals surface area contributed by atoms with Gasteiger partial charge in [0.15, 0.2) is 0 Å². The van der Waals surface area contributed by atoms with Crippen molar-refractivity contribution in [3.8, 4) is 0 Å². The summed E-state index contributed by atoms with van der Waals surface area (Å²) in [6, 6.07) is 3.58. The topological polar surface area (TPSA) is 42.2 Å². The highest BCUT2D eigenvalue weighted by Gasteiger charge is 1.98. The first-order valence-corrected chi connectivity index (χ1v) is 3.86. The molecule has 11 heavy (non-hydrogen) atoms. The molecule has 1 heterocycles. The number of carbonyl (C=O) groups excluding carboxylic acids is 1. The van der Waals surface area contributed by atoms with Crippen molar-refractivity contribution in [3.63, 3.8) is 0 Å². The lowest BCUT2D eigenvalue weighted by molar-refractivity contribution is -0.118. The van der Waals surface area contributed by atoms with E-state index in [0.29, 0.717) is 6.54 Å². The van der Waals surface area contributed by atoms with E-state index in [0.717, 1.165) is 5.76 Å². The molecule has 3 nitrogen and oxygen atoms in total. The lowest BCUT2D eigenvalue weighted by Crippen LogP contribution is -2.23. The summed E-state index contributed by atoms with van der Waals surface area (Å²) in [7, 11) is 0. The Morgan fingerprint density at radius 3 is 3.09 bits per heavy atom. The molecule has 0 spiro atoms. The van der Waals surface area contributed by atoms with Crippen LogP contribution < -0.4 is 5.32 Å². The zero-order valence-corrected chi connectivity index (χ0v) is 6.80. The third-order valence-corrected chi connectivity index (χ3v) is 1.47. The van der Waals surface area contributed by atoms with E-state index in [4.69, 9.17) is 4.42 Å². The first-order chi connectivity index (χ1) is 5.33. The third kappa shape index (κ3) is 2.67. The average molecular weight is 171 g/mol. The second-order valence-electron chi connectivity index (χ2n) is 2.01. The first kappa shape index (κ1) is 8.20. The van der Waals surface area contributed by atoms with Crippen molar-refractivity contribution in [2.24, 2.45) is 0 Å². The molecule has 60 valence electrons. The maximum atomic E-state index is 10.7. The van der Waals surface area contributed by atoms with Crippen LogP contribution in [0.2, 0.25) is 0 Å². The van der Waals surface area contributed by atoms with Gasteiger partial charge in [-0.3, -0.25) is 4.79 Å². The lowest BCUT2D eigenvalue weighted by Gasteiger charge is -1.98. The number of carbonyl (C=O) groups is 1. The van der Waals surface area contributed by atoms with Gasteiger partial charge in [0, 0.05) is 0 Å². The van der Waals surface area contributed by atoms with E-state index in [1.54, 1.807) is 18.4 Å². The van der Waals surface area contributed by atoms with Crippen molar-refractivity contribution >= 4 is 18.5 Å². The van der Waals surface area contributed by atoms with Crippen molar-refractivity contribution in [2.75, 3.05) is 5.75 Å². The Balaban J connectivity index is 2.29. The zero-order valence-electron chi connectivity index (χ0n) is 5.91. The van der Waals surface area contributed by atoms with E-state index in [1.807, 2.05) is 0 Å². The summed E-state index contributed by atoms with van der Waals surface area (Å²) in [4.78, 5) is 10.7. The van der Waals surface area contributed by atoms with E-state index in [9.17, 15) is 4.79 Å². The molecular formula is C7H9NO2S. The number of nitrogens with one attached hydrogen (secondary N) is 1. The highest BCUT2D eigenvalue weighted by Crippen LogP contribution is 1.97. The fraction of sp³-hybridized carbons (Fsp3) is 0.286. The molecule has 0 atom stereocenters. The van der Waals surface area contributed by atoms with Gasteiger partial charge in [0.25, 0.3) is 0 Å². The number of thiol groups is 1. The summed E-state index contributed by atoms with van der Waals surface area (Å²) < 4.78 is 4.99. The summed E-state index contributed by atoms with van der Waals surface area (Å²) in [5.41, 5.74) is 0. The highest BCUT2D eigenvalue weighted by molar-refractivity contribution is 7.81. The largest absolute Gasteiger partial charge is 0.467 e. The van der Waals surface area contributed by atoms with Crippen LogP contribution in [0.25, 0.3) is 0 Å². The van der Waals surface area contributed by atoms with Gasteiger partial charge in [-0.2, -0.15) is 12.6 Å². The van der Waals surface area contributed by atoms with Crippen molar-refractivity contribution in [1.82, 2.24) is 5.32 Å². The molecule has 1 aromatic rings. The van der Waals surface area contributed by atoms with Crippen LogP contribution in [0, 0.1) is 0 Å². The molecule has 0 saturated carbocycles. The number of furan rings is 1. The first-order valence-electron chi connectivity index (χ1n) is 3.23. The highest BCUT2D eigenvalue weighted by atomic mass is 32.1. The molecule has 1 amide bonds. The van der Waals surface area contributed by atoms with Gasteiger partial charge in [0.2, 0.25) is 5.91 Å². The Hall–Kier alpha value is -0.900. The van der Waals surface area contributed by atoms with Gasteiger partial charge in [-0.25, -0.2) is 0 Å². The quantitative estimate of drug-likeness (QED) is 0.661. The van der Waals surface area contributed by atoms with E-state index in [2.05, 4.69) is 17.9 Å². The van der Waals surface area contributed by atoms with Gasteiger partial charge < -0.3 is 9.73 Å². The summed E-state index contributed by atoms with van der Waals surface area (Å²) in [6.07, 6.45) is 1.57. The molecule has 0 aromatic carbocycles. The van der Waals surface area contributed by atoms with Gasteiger partial charge in [0.1, 0.15) is 5.76 Å². The van der Waals surface area contributed by atoms with Gasteiger partial charge in [0.05, 0.1) is 18.6 Å². The molecular weight excluding hydrogens is 162 g/mol. The van der Waals surface area contributed by atoms with Crippen LogP contribution in [-0.4, -0.2) is 11.7 Å². The molecule has 0 saturated heterocycles. The predicted molar refractivity (Wildman–Crippen MR) is 44.4 cm³/mol. The van der Waals surface area contributed by atoms with E-state index in [1.165, 1.54) is 0 Å². The van der Waals surface area contributed by atoms with Gasteiger partial charge in [-0.05, 0) is 12.1 Å². The number of amides is 1. The summed E-state index contributed by atoms with van der Waals surface area (Å²) in [6.45, 7) is 0.437. The van der Waals surface area contributed by atoms with Crippen LogP contribution in [0.5, 0.6) is 0 Å². The summed E-state index contributed by atoms with van der Waals surface area (Å²) in [5, 5.41) is 2.63. The van der Waals surface area contributed by atoms with Crippen LogP contribution in [0.4, 0.5) is 0 Å². The van der Waals surface area contributed by atoms with Crippen LogP contribution >= 0.6 is 12.6 Å². The van der Waals surface area contributed by atoms with Crippen molar-refractivity contribution in [1.29, 1.82) is 0 Å². The molecule has 0 aliphatic rings. The molecule has 0 fully saturated rings. The van der Waals surface area contributed by atoms with E-state index < -0.39 is 0 Å². The van der Waals surface area contributed by atoms with Crippen LogP contribution in [0.3, 0.4) is 0 Å². The Morgan fingerprint density at radius 2 is 2.55 bits per heavy atom. The second kappa shape index (κ2) is 4.08. The summed E-state index contributed by atoms with van der Waals surface area (Å²) in [5.74, 6) is 0.866. The minimum absolute atomic E-state index is 0.0928. The minimum Gasteiger partial charge on any atom is -0.467 e. The fourth-order valence-electron chi connectivity index (χ4n) is 0.655. The molecule has 1 aromatic heterocycles. The number of hydrogen-bond donors (Lipinski definition) is 2. The Bertz CT molecular complexity index is 220. The third-order valence-electron chi connectivity index (χ3n) is 1.18. The Morgan fingerprint density at radius 1 is 1.73 bits per heavy atom.